The summed E-state index contributed by atoms with van der Waals surface area (Å²) in [6.07, 6.45) is 2.87. The number of carbonyl (C=O) groups excluding carboxylic acids is 2. The van der Waals surface area contributed by atoms with E-state index in [9.17, 15) is 9.59 Å². The lowest BCUT2D eigenvalue weighted by atomic mass is 9.70. The molecule has 0 N–H and O–H groups in total. The van der Waals surface area contributed by atoms with Crippen LogP contribution in [0.3, 0.4) is 0 Å². The monoisotopic (exact) mass is 347 g/mol. The maximum Gasteiger partial charge on any atom is 0.234 e. The van der Waals surface area contributed by atoms with Crippen molar-refractivity contribution in [3.63, 3.8) is 0 Å². The Morgan fingerprint density at radius 1 is 1.12 bits per heavy atom. The molecule has 0 radical (unpaired) electrons. The average Bonchev–Trinajstić information content (AvgIpc) is 3.30. The van der Waals surface area contributed by atoms with Gasteiger partial charge >= 0.3 is 0 Å². The molecular weight excluding hydrogens is 326 g/mol. The maximum absolute atomic E-state index is 13.5. The molecule has 0 aromatic heterocycles. The van der Waals surface area contributed by atoms with E-state index in [-0.39, 0.29) is 29.9 Å². The zero-order valence-electron chi connectivity index (χ0n) is 14.7. The van der Waals surface area contributed by atoms with Crippen LogP contribution in [-0.2, 0) is 9.53 Å². The Bertz CT molecular complexity index is 880. The van der Waals surface area contributed by atoms with E-state index in [0.29, 0.717) is 5.56 Å². The predicted molar refractivity (Wildman–Crippen MR) is 98.0 cm³/mol. The van der Waals surface area contributed by atoms with E-state index in [1.807, 2.05) is 59.5 Å². The second-order valence-corrected chi connectivity index (χ2v) is 7.68. The van der Waals surface area contributed by atoms with Crippen molar-refractivity contribution in [2.24, 2.45) is 11.8 Å². The maximum atomic E-state index is 13.5. The van der Waals surface area contributed by atoms with E-state index in [1.165, 1.54) is 0 Å². The van der Waals surface area contributed by atoms with Crippen molar-refractivity contribution >= 4 is 17.9 Å². The summed E-state index contributed by atoms with van der Waals surface area (Å²) >= 11 is 0. The Hall–Kier alpha value is -2.46. The largest absolute Gasteiger partial charge is 0.368 e. The molecule has 5 atom stereocenters. The molecule has 1 spiro atoms. The van der Waals surface area contributed by atoms with E-state index in [0.717, 1.165) is 30.4 Å². The number of para-hydroxylation sites is 1. The van der Waals surface area contributed by atoms with Crippen molar-refractivity contribution in [2.45, 2.75) is 37.5 Å². The average molecular weight is 347 g/mol. The molecule has 3 aliphatic rings. The fraction of sp³-hybridized carbons (Fsp3) is 0.364. The van der Waals surface area contributed by atoms with Crippen LogP contribution < -0.4 is 4.90 Å². The summed E-state index contributed by atoms with van der Waals surface area (Å²) in [5.41, 5.74) is 1.85. The number of aldehydes is 1. The second kappa shape index (κ2) is 5.52. The molecule has 0 unspecified atom stereocenters. The summed E-state index contributed by atoms with van der Waals surface area (Å²) in [4.78, 5) is 27.1. The Kier molecular flexibility index (Phi) is 3.35. The molecule has 4 heteroatoms. The van der Waals surface area contributed by atoms with Crippen molar-refractivity contribution in [1.82, 2.24) is 0 Å². The summed E-state index contributed by atoms with van der Waals surface area (Å²) < 4.78 is 6.51. The molecule has 4 nitrogen and oxygen atoms in total. The minimum atomic E-state index is -0.532. The van der Waals surface area contributed by atoms with Crippen molar-refractivity contribution in [3.8, 4) is 0 Å². The highest BCUT2D eigenvalue weighted by Crippen LogP contribution is 2.63. The summed E-state index contributed by atoms with van der Waals surface area (Å²) in [5, 5.41) is 0. The van der Waals surface area contributed by atoms with Gasteiger partial charge in [-0.1, -0.05) is 49.4 Å². The molecule has 1 amide bonds. The van der Waals surface area contributed by atoms with Gasteiger partial charge in [-0.25, -0.2) is 0 Å². The molecule has 132 valence electrons. The third-order valence-electron chi connectivity index (χ3n) is 6.51. The summed E-state index contributed by atoms with van der Waals surface area (Å²) in [6, 6.07) is 17.1. The zero-order chi connectivity index (χ0) is 17.9. The number of hydrogen-bond donors (Lipinski definition) is 0. The van der Waals surface area contributed by atoms with Crippen LogP contribution >= 0.6 is 0 Å². The molecule has 26 heavy (non-hydrogen) atoms. The van der Waals surface area contributed by atoms with Gasteiger partial charge in [-0.05, 0) is 36.5 Å². The fourth-order valence-electron chi connectivity index (χ4n) is 5.46. The van der Waals surface area contributed by atoms with Crippen LogP contribution in [0.5, 0.6) is 0 Å². The number of hydrogen-bond acceptors (Lipinski definition) is 3. The normalized spacial score (nSPS) is 35.0. The summed E-state index contributed by atoms with van der Waals surface area (Å²) in [7, 11) is 0. The molecule has 3 fully saturated rings. The van der Waals surface area contributed by atoms with Gasteiger partial charge in [0.15, 0.2) is 0 Å². The highest BCUT2D eigenvalue weighted by Gasteiger charge is 2.70. The van der Waals surface area contributed by atoms with Gasteiger partial charge in [0.2, 0.25) is 5.91 Å². The fourth-order valence-corrected chi connectivity index (χ4v) is 5.46. The van der Waals surface area contributed by atoms with E-state index in [2.05, 4.69) is 6.92 Å². The van der Waals surface area contributed by atoms with Gasteiger partial charge in [0, 0.05) is 11.3 Å². The van der Waals surface area contributed by atoms with Gasteiger partial charge < -0.3 is 9.64 Å². The van der Waals surface area contributed by atoms with Crippen LogP contribution in [0.25, 0.3) is 0 Å². The highest BCUT2D eigenvalue weighted by molar-refractivity contribution is 6.01. The van der Waals surface area contributed by atoms with Gasteiger partial charge in [0.05, 0.1) is 18.1 Å². The molecule has 2 aromatic rings. The highest BCUT2D eigenvalue weighted by atomic mass is 16.5. The minimum Gasteiger partial charge on any atom is -0.368 e. The van der Waals surface area contributed by atoms with E-state index < -0.39 is 5.60 Å². The Morgan fingerprint density at radius 2 is 1.85 bits per heavy atom. The number of fused-ring (bicyclic) bond motifs is 1. The molecule has 0 aliphatic carbocycles. The van der Waals surface area contributed by atoms with Crippen LogP contribution in [0.4, 0.5) is 5.69 Å². The summed E-state index contributed by atoms with van der Waals surface area (Å²) in [6.45, 7) is 2.13. The SMILES string of the molecule is C[C@@H]1[C@@H]2CC[C@]3(O2)[C@H](c2ccccc2C=O)N(c2ccccc2)C(=O)[C@@H]13. The Balaban J connectivity index is 1.74. The predicted octanol–water partition coefficient (Wildman–Crippen LogP) is 3.77. The molecule has 5 rings (SSSR count). The quantitative estimate of drug-likeness (QED) is 0.794. The Morgan fingerprint density at radius 3 is 2.62 bits per heavy atom. The first-order valence-corrected chi connectivity index (χ1v) is 9.27. The number of nitrogens with zero attached hydrogens (tertiary/aromatic N) is 1. The number of carbonyl (C=O) groups is 2. The second-order valence-electron chi connectivity index (χ2n) is 7.68. The first-order valence-electron chi connectivity index (χ1n) is 9.27. The van der Waals surface area contributed by atoms with Gasteiger partial charge in [0.1, 0.15) is 11.9 Å². The number of amides is 1. The zero-order valence-corrected chi connectivity index (χ0v) is 14.7. The van der Waals surface area contributed by atoms with Gasteiger partial charge in [-0.3, -0.25) is 9.59 Å². The number of anilines is 1. The first-order chi connectivity index (χ1) is 12.7. The van der Waals surface area contributed by atoms with Crippen LogP contribution in [-0.4, -0.2) is 23.9 Å². The number of benzene rings is 2. The van der Waals surface area contributed by atoms with E-state index in [4.69, 9.17) is 4.74 Å². The lowest BCUT2D eigenvalue weighted by Crippen LogP contribution is -2.39. The lowest BCUT2D eigenvalue weighted by molar-refractivity contribution is -0.123. The number of ether oxygens (including phenoxy) is 1. The van der Waals surface area contributed by atoms with Crippen LogP contribution in [0.15, 0.2) is 54.6 Å². The van der Waals surface area contributed by atoms with Crippen LogP contribution in [0, 0.1) is 11.8 Å². The van der Waals surface area contributed by atoms with Crippen LogP contribution in [0.2, 0.25) is 0 Å². The molecule has 0 saturated carbocycles. The third kappa shape index (κ3) is 1.88. The number of rotatable bonds is 3. The van der Waals surface area contributed by atoms with Crippen LogP contribution in [0.1, 0.15) is 41.7 Å². The summed E-state index contributed by atoms with van der Waals surface area (Å²) in [5.74, 6) is 0.179. The van der Waals surface area contributed by atoms with Crippen molar-refractivity contribution in [3.05, 3.63) is 65.7 Å². The molecule has 3 aliphatic heterocycles. The van der Waals surface area contributed by atoms with E-state index in [1.54, 1.807) is 0 Å². The van der Waals surface area contributed by atoms with Crippen molar-refractivity contribution in [1.29, 1.82) is 0 Å². The molecule has 2 aromatic carbocycles. The minimum absolute atomic E-state index is 0.122. The topological polar surface area (TPSA) is 46.6 Å². The molecule has 3 heterocycles. The van der Waals surface area contributed by atoms with Crippen molar-refractivity contribution < 1.29 is 14.3 Å². The standard InChI is InChI=1S/C22H21NO3/c1-14-18-11-12-22(26-18)19(14)21(25)23(16-8-3-2-4-9-16)20(22)17-10-6-5-7-15(17)13-24/h2-10,13-14,18-20H,11-12H2,1H3/t14-,18+,19-,20+,22-/m1/s1. The molecule has 2 bridgehead atoms. The van der Waals surface area contributed by atoms with Gasteiger partial charge in [-0.2, -0.15) is 0 Å². The lowest BCUT2D eigenvalue weighted by Gasteiger charge is -2.35. The molecular formula is C22H21NO3. The van der Waals surface area contributed by atoms with Gasteiger partial charge in [0.25, 0.3) is 0 Å². The van der Waals surface area contributed by atoms with Crippen molar-refractivity contribution in [2.75, 3.05) is 4.90 Å². The van der Waals surface area contributed by atoms with E-state index >= 15 is 0 Å². The Labute approximate surface area is 152 Å². The smallest absolute Gasteiger partial charge is 0.234 e. The first kappa shape index (κ1) is 15.8. The third-order valence-corrected chi connectivity index (χ3v) is 6.51. The van der Waals surface area contributed by atoms with Gasteiger partial charge in [-0.15, -0.1) is 0 Å². The molecule has 3 saturated heterocycles.